The lowest BCUT2D eigenvalue weighted by Crippen LogP contribution is -2.13. The number of hydrogen-bond acceptors (Lipinski definition) is 7. The smallest absolute Gasteiger partial charge is 0.255 e. The van der Waals surface area contributed by atoms with Crippen LogP contribution < -0.4 is 35.3 Å². The fourth-order valence-electron chi connectivity index (χ4n) is 3.25. The quantitative estimate of drug-likeness (QED) is 0.312. The summed E-state index contributed by atoms with van der Waals surface area (Å²) < 4.78 is 21.4. The molecule has 3 aromatic carbocycles. The molecule has 0 spiro atoms. The molecule has 0 saturated carbocycles. The monoisotopic (exact) mass is 477 g/mol. The molecule has 9 nitrogen and oxygen atoms in total. The molecule has 0 bridgehead atoms. The highest BCUT2D eigenvalue weighted by Crippen LogP contribution is 2.35. The van der Waals surface area contributed by atoms with E-state index in [1.165, 1.54) is 27.4 Å². The molecule has 3 aromatic rings. The van der Waals surface area contributed by atoms with Crippen LogP contribution in [0.25, 0.3) is 6.08 Å². The van der Waals surface area contributed by atoms with Crippen molar-refractivity contribution in [2.45, 2.75) is 0 Å². The third-order valence-corrected chi connectivity index (χ3v) is 5.04. The minimum absolute atomic E-state index is 0.342. The number of benzene rings is 3. The molecule has 182 valence electrons. The van der Waals surface area contributed by atoms with Crippen LogP contribution in [-0.4, -0.2) is 40.3 Å². The number of nitrogen functional groups attached to an aromatic ring is 1. The van der Waals surface area contributed by atoms with Gasteiger partial charge in [0.25, 0.3) is 5.91 Å². The molecule has 0 fully saturated rings. The van der Waals surface area contributed by atoms with E-state index >= 15 is 0 Å². The van der Waals surface area contributed by atoms with Crippen molar-refractivity contribution >= 4 is 35.0 Å². The maximum Gasteiger partial charge on any atom is 0.255 e. The van der Waals surface area contributed by atoms with Crippen LogP contribution in [0.4, 0.5) is 17.1 Å². The van der Waals surface area contributed by atoms with Gasteiger partial charge in [0, 0.05) is 35.1 Å². The highest BCUT2D eigenvalue weighted by molar-refractivity contribution is 6.06. The van der Waals surface area contributed by atoms with Gasteiger partial charge in [-0.1, -0.05) is 0 Å². The van der Waals surface area contributed by atoms with Crippen molar-refractivity contribution in [3.8, 4) is 23.0 Å². The Balaban J connectivity index is 1.78. The van der Waals surface area contributed by atoms with E-state index in [0.717, 1.165) is 0 Å². The van der Waals surface area contributed by atoms with E-state index < -0.39 is 5.91 Å². The predicted octanol–water partition coefficient (Wildman–Crippen LogP) is 4.21. The molecule has 0 heterocycles. The lowest BCUT2D eigenvalue weighted by molar-refractivity contribution is -0.111. The highest BCUT2D eigenvalue weighted by Gasteiger charge is 2.13. The number of amides is 2. The molecule has 0 unspecified atom stereocenters. The van der Waals surface area contributed by atoms with Crippen molar-refractivity contribution in [1.82, 2.24) is 0 Å². The van der Waals surface area contributed by atoms with E-state index in [1.807, 2.05) is 0 Å². The molecule has 0 saturated heterocycles. The van der Waals surface area contributed by atoms with Gasteiger partial charge < -0.3 is 35.3 Å². The predicted molar refractivity (Wildman–Crippen MR) is 136 cm³/mol. The lowest BCUT2D eigenvalue weighted by Gasteiger charge is -2.13. The van der Waals surface area contributed by atoms with Crippen molar-refractivity contribution in [1.29, 1.82) is 0 Å². The van der Waals surface area contributed by atoms with E-state index in [-0.39, 0.29) is 5.91 Å². The van der Waals surface area contributed by atoms with Crippen LogP contribution in [0.5, 0.6) is 23.0 Å². The number of ether oxygens (including phenoxy) is 4. The van der Waals surface area contributed by atoms with E-state index in [2.05, 4.69) is 10.6 Å². The second-order valence-electron chi connectivity index (χ2n) is 7.26. The Kier molecular flexibility index (Phi) is 8.18. The fourth-order valence-corrected chi connectivity index (χ4v) is 3.25. The second kappa shape index (κ2) is 11.5. The van der Waals surface area contributed by atoms with Crippen LogP contribution in [0.15, 0.2) is 60.7 Å². The van der Waals surface area contributed by atoms with Crippen LogP contribution in [0, 0.1) is 0 Å². The number of anilines is 3. The fraction of sp³-hybridized carbons (Fsp3) is 0.154. The molecule has 0 aliphatic heterocycles. The second-order valence-corrected chi connectivity index (χ2v) is 7.26. The number of carbonyl (C=O) groups is 2. The van der Waals surface area contributed by atoms with Gasteiger partial charge in [0.05, 0.1) is 39.7 Å². The summed E-state index contributed by atoms with van der Waals surface area (Å²) in [5.74, 6) is 1.24. The molecule has 0 aromatic heterocycles. The van der Waals surface area contributed by atoms with Gasteiger partial charge in [-0.2, -0.15) is 0 Å². The summed E-state index contributed by atoms with van der Waals surface area (Å²) in [7, 11) is 6.07. The third-order valence-electron chi connectivity index (χ3n) is 5.04. The Labute approximate surface area is 203 Å². The SMILES string of the molecule is COc1cc(OC)c(C=CC(=O)Nc2ccc(OC)c(NC(=O)c3ccc(N)cc3)c2)c(OC)c1. The van der Waals surface area contributed by atoms with Crippen LogP contribution in [-0.2, 0) is 4.79 Å². The summed E-state index contributed by atoms with van der Waals surface area (Å²) in [6.45, 7) is 0. The number of methoxy groups -OCH3 is 4. The minimum Gasteiger partial charge on any atom is -0.496 e. The van der Waals surface area contributed by atoms with Crippen molar-refractivity contribution in [2.75, 3.05) is 44.8 Å². The molecule has 0 atom stereocenters. The molecule has 3 rings (SSSR count). The molecular weight excluding hydrogens is 450 g/mol. The summed E-state index contributed by atoms with van der Waals surface area (Å²) in [6.07, 6.45) is 2.93. The van der Waals surface area contributed by atoms with E-state index in [4.69, 9.17) is 24.7 Å². The Morgan fingerprint density at radius 2 is 1.40 bits per heavy atom. The van der Waals surface area contributed by atoms with Gasteiger partial charge in [0.15, 0.2) is 0 Å². The summed E-state index contributed by atoms with van der Waals surface area (Å²) in [4.78, 5) is 25.2. The van der Waals surface area contributed by atoms with E-state index in [9.17, 15) is 9.59 Å². The topological polar surface area (TPSA) is 121 Å². The number of rotatable bonds is 9. The average Bonchev–Trinajstić information content (AvgIpc) is 2.87. The standard InChI is InChI=1S/C26H27N3O6/c1-32-19-14-23(34-3)20(24(15-19)35-4)10-12-25(30)28-18-9-11-22(33-2)21(13-18)29-26(31)16-5-7-17(27)8-6-16/h5-15H,27H2,1-4H3,(H,28,30)(H,29,31). The van der Waals surface area contributed by atoms with Crippen molar-refractivity contribution in [2.24, 2.45) is 0 Å². The van der Waals surface area contributed by atoms with Gasteiger partial charge in [0.1, 0.15) is 23.0 Å². The molecule has 35 heavy (non-hydrogen) atoms. The molecule has 0 aliphatic carbocycles. The normalized spacial score (nSPS) is 10.5. The summed E-state index contributed by atoms with van der Waals surface area (Å²) in [5.41, 5.74) is 8.11. The Morgan fingerprint density at radius 1 is 0.771 bits per heavy atom. The number of hydrogen-bond donors (Lipinski definition) is 3. The summed E-state index contributed by atoms with van der Waals surface area (Å²) in [6, 6.07) is 14.8. The number of nitrogens with one attached hydrogen (secondary N) is 2. The van der Waals surface area contributed by atoms with Crippen LogP contribution >= 0.6 is 0 Å². The first kappa shape index (κ1) is 25.0. The summed E-state index contributed by atoms with van der Waals surface area (Å²) in [5, 5.41) is 5.56. The zero-order valence-corrected chi connectivity index (χ0v) is 19.9. The van der Waals surface area contributed by atoms with Gasteiger partial charge in [-0.05, 0) is 48.5 Å². The lowest BCUT2D eigenvalue weighted by atomic mass is 10.1. The largest absolute Gasteiger partial charge is 0.496 e. The van der Waals surface area contributed by atoms with Crippen molar-refractivity contribution in [3.05, 3.63) is 71.8 Å². The highest BCUT2D eigenvalue weighted by atomic mass is 16.5. The molecule has 2 amide bonds. The number of nitrogens with two attached hydrogens (primary N) is 1. The summed E-state index contributed by atoms with van der Waals surface area (Å²) >= 11 is 0. The molecule has 4 N–H and O–H groups in total. The first-order valence-corrected chi connectivity index (χ1v) is 10.5. The Bertz CT molecular complexity index is 1210. The van der Waals surface area contributed by atoms with Gasteiger partial charge in [-0.25, -0.2) is 0 Å². The zero-order valence-electron chi connectivity index (χ0n) is 19.9. The zero-order chi connectivity index (χ0) is 25.4. The maximum absolute atomic E-state index is 12.6. The number of carbonyl (C=O) groups excluding carboxylic acids is 2. The van der Waals surface area contributed by atoms with Crippen molar-refractivity contribution in [3.63, 3.8) is 0 Å². The molecule has 0 aliphatic rings. The van der Waals surface area contributed by atoms with E-state index in [0.29, 0.717) is 51.2 Å². The maximum atomic E-state index is 12.6. The molecular formula is C26H27N3O6. The Hall–Kier alpha value is -4.66. The first-order valence-electron chi connectivity index (χ1n) is 10.5. The average molecular weight is 478 g/mol. The minimum atomic E-state index is -0.397. The van der Waals surface area contributed by atoms with Gasteiger partial charge >= 0.3 is 0 Å². The van der Waals surface area contributed by atoms with Crippen molar-refractivity contribution < 1.29 is 28.5 Å². The van der Waals surface area contributed by atoms with Crippen LogP contribution in [0.3, 0.4) is 0 Å². The first-order chi connectivity index (χ1) is 16.9. The van der Waals surface area contributed by atoms with Crippen LogP contribution in [0.2, 0.25) is 0 Å². The Morgan fingerprint density at radius 3 is 1.97 bits per heavy atom. The van der Waals surface area contributed by atoms with E-state index in [1.54, 1.807) is 67.8 Å². The van der Waals surface area contributed by atoms with Gasteiger partial charge in [-0.3, -0.25) is 9.59 Å². The molecule has 9 heteroatoms. The molecule has 0 radical (unpaired) electrons. The van der Waals surface area contributed by atoms with Gasteiger partial charge in [0.2, 0.25) is 5.91 Å². The van der Waals surface area contributed by atoms with Gasteiger partial charge in [-0.15, -0.1) is 0 Å². The van der Waals surface area contributed by atoms with Crippen LogP contribution in [0.1, 0.15) is 15.9 Å². The third kappa shape index (κ3) is 6.23.